The highest BCUT2D eigenvalue weighted by atomic mass is 16.6. The van der Waals surface area contributed by atoms with Gasteiger partial charge in [0, 0.05) is 30.8 Å². The van der Waals surface area contributed by atoms with Crippen molar-refractivity contribution in [3.8, 4) is 0 Å². The molecule has 2 heterocycles. The monoisotopic (exact) mass is 341 g/mol. The Morgan fingerprint density at radius 3 is 2.21 bits per heavy atom. The molecular formula is C17H27NO6. The highest BCUT2D eigenvalue weighted by Gasteiger charge is 2.39. The lowest BCUT2D eigenvalue weighted by molar-refractivity contribution is -0.562. The average Bonchev–Trinajstić information content (AvgIpc) is 2.47. The summed E-state index contributed by atoms with van der Waals surface area (Å²) in [5.41, 5.74) is -0.447. The van der Waals surface area contributed by atoms with Crippen LogP contribution in [0.15, 0.2) is 12.2 Å². The number of esters is 2. The van der Waals surface area contributed by atoms with Gasteiger partial charge in [-0.15, -0.1) is 0 Å². The van der Waals surface area contributed by atoms with E-state index in [1.807, 2.05) is 13.8 Å². The van der Waals surface area contributed by atoms with Crippen molar-refractivity contribution in [3.63, 3.8) is 0 Å². The van der Waals surface area contributed by atoms with Gasteiger partial charge < -0.3 is 9.47 Å². The molecule has 0 amide bonds. The summed E-state index contributed by atoms with van der Waals surface area (Å²) in [6.45, 7) is 10.4. The van der Waals surface area contributed by atoms with Crippen molar-refractivity contribution in [2.45, 2.75) is 77.5 Å². The molecule has 2 fully saturated rings. The van der Waals surface area contributed by atoms with Crippen molar-refractivity contribution in [2.75, 3.05) is 0 Å². The third kappa shape index (κ3) is 5.94. The molecule has 7 heteroatoms. The van der Waals surface area contributed by atoms with Gasteiger partial charge in [-0.25, -0.2) is 4.79 Å². The van der Waals surface area contributed by atoms with Crippen LogP contribution in [0.5, 0.6) is 0 Å². The van der Waals surface area contributed by atoms with E-state index in [4.69, 9.17) is 9.47 Å². The summed E-state index contributed by atoms with van der Waals surface area (Å²) in [4.78, 5) is 32.5. The average molecular weight is 341 g/mol. The summed E-state index contributed by atoms with van der Waals surface area (Å²) in [5, 5.41) is 10.7. The van der Waals surface area contributed by atoms with E-state index in [0.717, 1.165) is 19.3 Å². The quantitative estimate of drug-likeness (QED) is 0.339. The lowest BCUT2D eigenvalue weighted by Crippen LogP contribution is -2.39. The van der Waals surface area contributed by atoms with E-state index in [9.17, 15) is 19.7 Å². The highest BCUT2D eigenvalue weighted by Crippen LogP contribution is 2.28. The van der Waals surface area contributed by atoms with Gasteiger partial charge in [-0.1, -0.05) is 6.58 Å². The van der Waals surface area contributed by atoms with E-state index in [2.05, 4.69) is 6.58 Å². The van der Waals surface area contributed by atoms with E-state index >= 15 is 0 Å². The van der Waals surface area contributed by atoms with E-state index in [0.29, 0.717) is 12.0 Å². The topological polar surface area (TPSA) is 95.7 Å². The summed E-state index contributed by atoms with van der Waals surface area (Å²) < 4.78 is 9.92. The molecule has 3 atom stereocenters. The summed E-state index contributed by atoms with van der Waals surface area (Å²) >= 11 is 0. The van der Waals surface area contributed by atoms with Crippen molar-refractivity contribution in [1.29, 1.82) is 0 Å². The number of ether oxygens (including phenoxy) is 2. The zero-order chi connectivity index (χ0) is 18.5. The zero-order valence-electron chi connectivity index (χ0n) is 14.9. The van der Waals surface area contributed by atoms with Crippen molar-refractivity contribution in [1.82, 2.24) is 0 Å². The van der Waals surface area contributed by atoms with E-state index < -0.39 is 5.54 Å². The van der Waals surface area contributed by atoms with Crippen molar-refractivity contribution >= 4 is 11.9 Å². The molecule has 2 saturated heterocycles. The van der Waals surface area contributed by atoms with Gasteiger partial charge in [-0.3, -0.25) is 14.9 Å². The Labute approximate surface area is 142 Å². The molecule has 0 N–H and O–H groups in total. The fourth-order valence-electron chi connectivity index (χ4n) is 2.57. The maximum Gasteiger partial charge on any atom is 0.333 e. The van der Waals surface area contributed by atoms with Gasteiger partial charge in [0.1, 0.15) is 0 Å². The Morgan fingerprint density at radius 2 is 1.75 bits per heavy atom. The minimum Gasteiger partial charge on any atom is -0.462 e. The van der Waals surface area contributed by atoms with Crippen LogP contribution in [0.4, 0.5) is 0 Å². The first kappa shape index (κ1) is 20.1. The molecule has 136 valence electrons. The first-order valence-electron chi connectivity index (χ1n) is 8.26. The molecule has 0 saturated carbocycles. The van der Waals surface area contributed by atoms with Crippen molar-refractivity contribution < 1.29 is 24.0 Å². The number of hydrogen-bond acceptors (Lipinski definition) is 6. The molecule has 3 unspecified atom stereocenters. The molecule has 2 aliphatic rings. The summed E-state index contributed by atoms with van der Waals surface area (Å²) in [6.07, 6.45) is 3.49. The van der Waals surface area contributed by atoms with E-state index in [1.165, 1.54) is 13.8 Å². The minimum absolute atomic E-state index is 0.0486. The van der Waals surface area contributed by atoms with Crippen molar-refractivity contribution in [3.05, 3.63) is 22.3 Å². The minimum atomic E-state index is -1.05. The third-order valence-corrected chi connectivity index (χ3v) is 4.26. The van der Waals surface area contributed by atoms with Crippen molar-refractivity contribution in [2.24, 2.45) is 5.92 Å². The van der Waals surface area contributed by atoms with E-state index in [1.54, 1.807) is 0 Å². The zero-order valence-corrected chi connectivity index (χ0v) is 14.9. The van der Waals surface area contributed by atoms with Gasteiger partial charge in [-0.2, -0.15) is 0 Å². The van der Waals surface area contributed by atoms with Gasteiger partial charge >= 0.3 is 11.9 Å². The number of nitro groups is 1. The van der Waals surface area contributed by atoms with Crippen LogP contribution in [-0.2, 0) is 19.1 Å². The van der Waals surface area contributed by atoms with Crippen LogP contribution in [0.25, 0.3) is 0 Å². The lowest BCUT2D eigenvalue weighted by Gasteiger charge is -2.28. The number of nitrogens with zero attached hydrogens (tertiary/aromatic N) is 1. The Hall–Kier alpha value is -1.92. The SMILES string of the molecule is C=C1CCC(C)OC1=O.CC1CCC(CC(C)(C)[N+](=O)[O-])C(=O)O1. The molecule has 2 rings (SSSR count). The third-order valence-electron chi connectivity index (χ3n) is 4.26. The standard InChI is InChI=1S/C10H17NO4.C7H10O2/c1-7-4-5-8(9(12)15-7)6-10(2,3)11(13)14;1-5-3-4-6(2)9-7(5)8/h7-8H,4-6H2,1-3H3;6H,1,3-4H2,2H3. The van der Waals surface area contributed by atoms with Gasteiger partial charge in [0.25, 0.3) is 0 Å². The van der Waals surface area contributed by atoms with Gasteiger partial charge in [0.15, 0.2) is 0 Å². The van der Waals surface area contributed by atoms with Gasteiger partial charge in [0.2, 0.25) is 5.54 Å². The molecule has 7 nitrogen and oxygen atoms in total. The van der Waals surface area contributed by atoms with Crippen LogP contribution in [0.3, 0.4) is 0 Å². The van der Waals surface area contributed by atoms with Gasteiger partial charge in [-0.05, 0) is 39.5 Å². The van der Waals surface area contributed by atoms with Crippen LogP contribution in [-0.4, -0.2) is 34.6 Å². The molecule has 24 heavy (non-hydrogen) atoms. The number of carbonyl (C=O) groups is 2. The largest absolute Gasteiger partial charge is 0.462 e. The second kappa shape index (κ2) is 8.26. The first-order valence-corrected chi connectivity index (χ1v) is 8.26. The predicted octanol–water partition coefficient (Wildman–Crippen LogP) is 3.04. The van der Waals surface area contributed by atoms with Crippen LogP contribution in [0, 0.1) is 16.0 Å². The van der Waals surface area contributed by atoms with E-state index in [-0.39, 0.29) is 41.4 Å². The molecule has 0 bridgehead atoms. The van der Waals surface area contributed by atoms with Crippen LogP contribution >= 0.6 is 0 Å². The van der Waals surface area contributed by atoms with Crippen LogP contribution in [0.1, 0.15) is 59.8 Å². The summed E-state index contributed by atoms with van der Waals surface area (Å²) in [6, 6.07) is 0. The number of rotatable bonds is 3. The maximum atomic E-state index is 11.5. The molecule has 0 radical (unpaired) electrons. The normalized spacial score (nSPS) is 27.5. The molecule has 0 aliphatic carbocycles. The van der Waals surface area contributed by atoms with Gasteiger partial charge in [0.05, 0.1) is 18.1 Å². The van der Waals surface area contributed by atoms with Crippen LogP contribution in [0.2, 0.25) is 0 Å². The molecular weight excluding hydrogens is 314 g/mol. The Morgan fingerprint density at radius 1 is 1.17 bits per heavy atom. The molecule has 0 aromatic carbocycles. The molecule has 2 aliphatic heterocycles. The first-order chi connectivity index (χ1) is 11.0. The van der Waals surface area contributed by atoms with Crippen LogP contribution < -0.4 is 0 Å². The smallest absolute Gasteiger partial charge is 0.333 e. The number of cyclic esters (lactones) is 2. The fraction of sp³-hybridized carbons (Fsp3) is 0.765. The Kier molecular flexibility index (Phi) is 6.93. The fourth-order valence-corrected chi connectivity index (χ4v) is 2.57. The second-order valence-corrected chi connectivity index (χ2v) is 7.15. The summed E-state index contributed by atoms with van der Waals surface area (Å²) in [7, 11) is 0. The molecule has 0 spiro atoms. The Bertz CT molecular complexity index is 513. The Balaban J connectivity index is 0.000000272. The summed E-state index contributed by atoms with van der Waals surface area (Å²) in [5.74, 6) is -0.834. The second-order valence-electron chi connectivity index (χ2n) is 7.15. The maximum absolute atomic E-state index is 11.5. The number of carbonyl (C=O) groups excluding carboxylic acids is 2. The lowest BCUT2D eigenvalue weighted by atomic mass is 9.86. The molecule has 0 aromatic rings. The highest BCUT2D eigenvalue weighted by molar-refractivity contribution is 5.88. The molecule has 0 aromatic heterocycles. The number of hydrogen-bond donors (Lipinski definition) is 0. The predicted molar refractivity (Wildman–Crippen MR) is 87.9 cm³/mol.